The number of fused-ring (bicyclic) bond motifs is 1. The minimum Gasteiger partial charge on any atom is -0.362 e. The van der Waals surface area contributed by atoms with E-state index in [9.17, 15) is 26.3 Å². The van der Waals surface area contributed by atoms with Gasteiger partial charge in [-0.05, 0) is 45.0 Å². The Labute approximate surface area is 231 Å². The Bertz CT molecular complexity index is 1460. The summed E-state index contributed by atoms with van der Waals surface area (Å²) in [6, 6.07) is 2.53. The molecule has 2 aliphatic rings. The summed E-state index contributed by atoms with van der Waals surface area (Å²) in [6.45, 7) is 2.08. The minimum atomic E-state index is -4.72. The van der Waals surface area contributed by atoms with E-state index in [1.807, 2.05) is 19.0 Å². The predicted molar refractivity (Wildman–Crippen MR) is 142 cm³/mol. The fourth-order valence-corrected chi connectivity index (χ4v) is 4.94. The Morgan fingerprint density at radius 3 is 2.41 bits per heavy atom. The van der Waals surface area contributed by atoms with Gasteiger partial charge >= 0.3 is 12.4 Å². The number of halogens is 6. The fraction of sp³-hybridized carbons (Fsp3) is 0.462. The number of allylic oxidation sites excluding steroid dienone is 1. The molecule has 5 rings (SSSR count). The molecule has 0 radical (unpaired) electrons. The van der Waals surface area contributed by atoms with Crippen LogP contribution in [0.4, 0.5) is 37.8 Å². The molecule has 3 aromatic rings. The molecule has 1 fully saturated rings. The Morgan fingerprint density at radius 2 is 1.78 bits per heavy atom. The summed E-state index contributed by atoms with van der Waals surface area (Å²) in [5, 5.41) is 11.0. The average Bonchev–Trinajstić information content (AvgIpc) is 2.92. The summed E-state index contributed by atoms with van der Waals surface area (Å²) in [7, 11) is 3.99. The summed E-state index contributed by atoms with van der Waals surface area (Å²) in [6.07, 6.45) is -3.95. The van der Waals surface area contributed by atoms with E-state index in [1.165, 1.54) is 12.3 Å². The van der Waals surface area contributed by atoms with Crippen LogP contribution in [0.2, 0.25) is 0 Å². The number of hydrogen-bond acceptors (Lipinski definition) is 9. The molecule has 41 heavy (non-hydrogen) atoms. The highest BCUT2D eigenvalue weighted by Gasteiger charge is 2.37. The number of alkyl halides is 6. The van der Waals surface area contributed by atoms with Crippen molar-refractivity contribution in [3.05, 3.63) is 41.7 Å². The molecule has 218 valence electrons. The first-order valence-corrected chi connectivity index (χ1v) is 12.9. The molecular weight excluding hydrogens is 552 g/mol. The van der Waals surface area contributed by atoms with Crippen LogP contribution in [0, 0.1) is 5.92 Å². The molecule has 15 heteroatoms. The van der Waals surface area contributed by atoms with Crippen molar-refractivity contribution in [2.75, 3.05) is 43.9 Å². The lowest BCUT2D eigenvalue weighted by atomic mass is 9.96. The largest absolute Gasteiger partial charge is 0.418 e. The van der Waals surface area contributed by atoms with E-state index < -0.39 is 35.3 Å². The molecule has 0 saturated carbocycles. The number of aromatic nitrogens is 5. The van der Waals surface area contributed by atoms with Crippen LogP contribution in [0.15, 0.2) is 41.2 Å². The average molecular weight is 580 g/mol. The lowest BCUT2D eigenvalue weighted by Gasteiger charge is -2.34. The normalized spacial score (nSPS) is 18.7. The Balaban J connectivity index is 1.39. The lowest BCUT2D eigenvalue weighted by molar-refractivity contribution is -0.137. The van der Waals surface area contributed by atoms with E-state index in [2.05, 4.69) is 40.4 Å². The predicted octanol–water partition coefficient (Wildman–Crippen LogP) is 4.98. The van der Waals surface area contributed by atoms with Gasteiger partial charge in [-0.1, -0.05) is 6.08 Å². The fourth-order valence-electron chi connectivity index (χ4n) is 4.94. The summed E-state index contributed by atoms with van der Waals surface area (Å²) in [5.41, 5.74) is -1.83. The second-order valence-electron chi connectivity index (χ2n) is 10.3. The van der Waals surface area contributed by atoms with Crippen LogP contribution >= 0.6 is 0 Å². The van der Waals surface area contributed by atoms with E-state index in [0.29, 0.717) is 24.7 Å². The molecule has 3 aromatic heterocycles. The zero-order chi connectivity index (χ0) is 29.4. The van der Waals surface area contributed by atoms with Crippen LogP contribution in [0.25, 0.3) is 22.6 Å². The zero-order valence-electron chi connectivity index (χ0n) is 22.2. The number of piperidine rings is 1. The Kier molecular flexibility index (Phi) is 7.81. The zero-order valence-corrected chi connectivity index (χ0v) is 22.2. The van der Waals surface area contributed by atoms with Gasteiger partial charge < -0.3 is 15.1 Å². The minimum absolute atomic E-state index is 0.0229. The smallest absolute Gasteiger partial charge is 0.362 e. The van der Waals surface area contributed by atoms with Crippen LogP contribution in [0.1, 0.15) is 24.8 Å². The molecule has 9 nitrogen and oxygen atoms in total. The molecule has 0 aromatic carbocycles. The van der Waals surface area contributed by atoms with Gasteiger partial charge in [0.05, 0.1) is 23.0 Å². The molecular formula is C26H27F6N9. The highest BCUT2D eigenvalue weighted by Crippen LogP contribution is 2.37. The van der Waals surface area contributed by atoms with Crippen molar-refractivity contribution >= 4 is 28.9 Å². The molecule has 1 atom stereocenters. The SMILES string of the molecule is CN(C)CC1CCN(c2cc(C(F)(F)F)c(-c3cnc4c(NC5CC=C(C(F)(F)F)C=N5)ccnc4n3)nn2)CC1. The number of pyridine rings is 1. The van der Waals surface area contributed by atoms with E-state index in [0.717, 1.165) is 43.9 Å². The lowest BCUT2D eigenvalue weighted by Crippen LogP contribution is -2.37. The van der Waals surface area contributed by atoms with Crippen LogP contribution in [-0.4, -0.2) is 82.3 Å². The molecule has 1 N–H and O–H groups in total. The third-order valence-corrected chi connectivity index (χ3v) is 6.94. The first-order chi connectivity index (χ1) is 19.4. The summed E-state index contributed by atoms with van der Waals surface area (Å²) >= 11 is 0. The number of rotatable bonds is 6. The van der Waals surface area contributed by atoms with E-state index in [1.54, 1.807) is 0 Å². The van der Waals surface area contributed by atoms with Gasteiger partial charge in [-0.25, -0.2) is 15.0 Å². The summed E-state index contributed by atoms with van der Waals surface area (Å²) < 4.78 is 81.1. The van der Waals surface area contributed by atoms with E-state index in [4.69, 9.17) is 0 Å². The first kappa shape index (κ1) is 28.6. The maximum absolute atomic E-state index is 14.2. The van der Waals surface area contributed by atoms with Crippen molar-refractivity contribution < 1.29 is 26.3 Å². The van der Waals surface area contributed by atoms with Gasteiger partial charge in [0.25, 0.3) is 0 Å². The van der Waals surface area contributed by atoms with Crippen LogP contribution < -0.4 is 10.2 Å². The molecule has 0 amide bonds. The Morgan fingerprint density at radius 1 is 1.02 bits per heavy atom. The number of hydrogen-bond donors (Lipinski definition) is 1. The van der Waals surface area contributed by atoms with Gasteiger partial charge in [-0.15, -0.1) is 10.2 Å². The van der Waals surface area contributed by atoms with Crippen LogP contribution in [-0.2, 0) is 6.18 Å². The quantitative estimate of drug-likeness (QED) is 0.409. The van der Waals surface area contributed by atoms with Crippen molar-refractivity contribution in [2.45, 2.75) is 37.8 Å². The van der Waals surface area contributed by atoms with E-state index in [-0.39, 0.29) is 29.1 Å². The van der Waals surface area contributed by atoms with Gasteiger partial charge in [0.2, 0.25) is 0 Å². The Hall–Kier alpha value is -3.88. The van der Waals surface area contributed by atoms with Crippen molar-refractivity contribution in [1.29, 1.82) is 0 Å². The van der Waals surface area contributed by atoms with Crippen molar-refractivity contribution in [3.8, 4) is 11.4 Å². The monoisotopic (exact) mass is 579 g/mol. The highest BCUT2D eigenvalue weighted by atomic mass is 19.4. The number of dihydropyridines is 1. The van der Waals surface area contributed by atoms with Crippen LogP contribution in [0.5, 0.6) is 0 Å². The van der Waals surface area contributed by atoms with E-state index >= 15 is 0 Å². The van der Waals surface area contributed by atoms with Crippen molar-refractivity contribution in [3.63, 3.8) is 0 Å². The maximum atomic E-state index is 14.2. The van der Waals surface area contributed by atoms with Crippen molar-refractivity contribution in [2.24, 2.45) is 10.9 Å². The van der Waals surface area contributed by atoms with Crippen LogP contribution in [0.3, 0.4) is 0 Å². The molecule has 2 aliphatic heterocycles. The van der Waals surface area contributed by atoms with Gasteiger partial charge in [0, 0.05) is 38.5 Å². The standard InChI is InChI=1S/C26H27F6N9/c1-40(2)14-15-6-9-41(10-7-15)21-11-17(26(30,31)32)22(39-38-21)19-13-35-23-18(5-8-33-24(23)37-19)36-20-4-3-16(12-34-20)25(27,28)29/h3,5,8,11-13,15,20H,4,6-7,9-10,14H2,1-2H3,(H,33,36,37). The number of nitrogens with one attached hydrogen (secondary N) is 1. The number of anilines is 2. The topological polar surface area (TPSA) is 95.3 Å². The number of nitrogens with zero attached hydrogens (tertiary/aromatic N) is 8. The van der Waals surface area contributed by atoms with Gasteiger partial charge in [-0.2, -0.15) is 26.3 Å². The van der Waals surface area contributed by atoms with Gasteiger partial charge in [-0.3, -0.25) is 4.99 Å². The second kappa shape index (κ2) is 11.2. The summed E-state index contributed by atoms with van der Waals surface area (Å²) in [5.74, 6) is 0.618. The number of aliphatic imine (C=N–C) groups is 1. The molecule has 1 unspecified atom stereocenters. The molecule has 1 saturated heterocycles. The van der Waals surface area contributed by atoms with Crippen molar-refractivity contribution in [1.82, 2.24) is 30.0 Å². The molecule has 5 heterocycles. The second-order valence-corrected chi connectivity index (χ2v) is 10.3. The third kappa shape index (κ3) is 6.55. The van der Waals surface area contributed by atoms with Gasteiger partial charge in [0.15, 0.2) is 11.5 Å². The molecule has 0 bridgehead atoms. The third-order valence-electron chi connectivity index (χ3n) is 6.94. The molecule has 0 spiro atoms. The first-order valence-electron chi connectivity index (χ1n) is 12.9. The maximum Gasteiger partial charge on any atom is 0.418 e. The summed E-state index contributed by atoms with van der Waals surface area (Å²) in [4.78, 5) is 20.5. The highest BCUT2D eigenvalue weighted by molar-refractivity contribution is 5.86. The van der Waals surface area contributed by atoms with Gasteiger partial charge in [0.1, 0.15) is 23.1 Å². The molecule has 0 aliphatic carbocycles.